The van der Waals surface area contributed by atoms with Crippen molar-refractivity contribution in [1.29, 1.82) is 0 Å². The third-order valence-corrected chi connectivity index (χ3v) is 3.91. The molecule has 0 aliphatic rings. The van der Waals surface area contributed by atoms with Crippen LogP contribution in [-0.4, -0.2) is 18.4 Å². The summed E-state index contributed by atoms with van der Waals surface area (Å²) in [7, 11) is 0. The van der Waals surface area contributed by atoms with E-state index in [2.05, 4.69) is 31.9 Å². The van der Waals surface area contributed by atoms with Crippen molar-refractivity contribution in [2.75, 3.05) is 22.5 Å². The van der Waals surface area contributed by atoms with E-state index >= 15 is 0 Å². The van der Waals surface area contributed by atoms with Crippen molar-refractivity contribution < 1.29 is 9.59 Å². The second-order valence-electron chi connectivity index (χ2n) is 6.69. The highest BCUT2D eigenvalue weighted by Gasteiger charge is 2.21. The summed E-state index contributed by atoms with van der Waals surface area (Å²) in [6.45, 7) is 5.70. The molecular weight excluding hydrogens is 382 g/mol. The molecule has 2 rings (SSSR count). The Morgan fingerprint density at radius 1 is 0.920 bits per heavy atom. The minimum atomic E-state index is -0.478. The maximum Gasteiger partial charge on any atom is 0.243 e. The molecule has 0 aliphatic heterocycles. The molecule has 6 heteroatoms. The molecule has 0 atom stereocenters. The van der Waals surface area contributed by atoms with Crippen molar-refractivity contribution >= 4 is 44.8 Å². The molecule has 0 saturated carbocycles. The van der Waals surface area contributed by atoms with Gasteiger partial charge < -0.3 is 16.0 Å². The quantitative estimate of drug-likeness (QED) is 0.688. The molecular formula is C19H22BrN3O2. The van der Waals surface area contributed by atoms with Crippen molar-refractivity contribution in [3.63, 3.8) is 0 Å². The zero-order chi connectivity index (χ0) is 18.4. The van der Waals surface area contributed by atoms with Crippen LogP contribution in [0.15, 0.2) is 53.0 Å². The summed E-state index contributed by atoms with van der Waals surface area (Å²) >= 11 is 3.37. The summed E-state index contributed by atoms with van der Waals surface area (Å²) in [5.41, 5.74) is 1.67. The van der Waals surface area contributed by atoms with Crippen LogP contribution in [-0.2, 0) is 9.59 Å². The highest BCUT2D eigenvalue weighted by Crippen LogP contribution is 2.20. The topological polar surface area (TPSA) is 70.2 Å². The lowest BCUT2D eigenvalue weighted by atomic mass is 9.95. The van der Waals surface area contributed by atoms with Gasteiger partial charge in [0.2, 0.25) is 11.8 Å². The smallest absolute Gasteiger partial charge is 0.243 e. The van der Waals surface area contributed by atoms with Crippen LogP contribution in [0.3, 0.4) is 0 Å². The van der Waals surface area contributed by atoms with E-state index < -0.39 is 5.41 Å². The van der Waals surface area contributed by atoms with Crippen molar-refractivity contribution in [1.82, 2.24) is 0 Å². The lowest BCUT2D eigenvalue weighted by Crippen LogP contribution is -2.27. The van der Waals surface area contributed by atoms with E-state index in [1.807, 2.05) is 45.0 Å². The van der Waals surface area contributed by atoms with E-state index in [0.29, 0.717) is 11.4 Å². The normalized spacial score (nSPS) is 10.9. The number of carbonyl (C=O) groups excluding carboxylic acids is 2. The number of anilines is 3. The van der Waals surface area contributed by atoms with Gasteiger partial charge in [0.05, 0.1) is 6.54 Å². The van der Waals surface area contributed by atoms with E-state index in [0.717, 1.165) is 10.2 Å². The molecule has 0 aliphatic carbocycles. The molecule has 0 unspecified atom stereocenters. The first-order chi connectivity index (χ1) is 11.7. The Kier molecular flexibility index (Phi) is 6.20. The van der Waals surface area contributed by atoms with Crippen LogP contribution in [0.4, 0.5) is 17.1 Å². The van der Waals surface area contributed by atoms with Gasteiger partial charge in [-0.1, -0.05) is 42.8 Å². The summed E-state index contributed by atoms with van der Waals surface area (Å²) < 4.78 is 0.983. The van der Waals surface area contributed by atoms with Crippen LogP contribution < -0.4 is 16.0 Å². The maximum atomic E-state index is 12.1. The number of halogens is 1. The molecule has 0 aromatic heterocycles. The lowest BCUT2D eigenvalue weighted by molar-refractivity contribution is -0.123. The van der Waals surface area contributed by atoms with Crippen LogP contribution in [0.2, 0.25) is 0 Å². The number of carbonyl (C=O) groups is 2. The van der Waals surface area contributed by atoms with Crippen LogP contribution in [0.25, 0.3) is 0 Å². The van der Waals surface area contributed by atoms with Crippen molar-refractivity contribution in [2.45, 2.75) is 20.8 Å². The molecule has 0 saturated heterocycles. The molecule has 0 heterocycles. The lowest BCUT2D eigenvalue weighted by Gasteiger charge is -2.18. The predicted octanol–water partition coefficient (Wildman–Crippen LogP) is 4.48. The van der Waals surface area contributed by atoms with Gasteiger partial charge in [-0.25, -0.2) is 0 Å². The largest absolute Gasteiger partial charge is 0.376 e. The Hall–Kier alpha value is -2.34. The van der Waals surface area contributed by atoms with Gasteiger partial charge in [-0.3, -0.25) is 9.59 Å². The third kappa shape index (κ3) is 6.23. The third-order valence-electron chi connectivity index (χ3n) is 3.38. The Bertz CT molecular complexity index is 752. The van der Waals surface area contributed by atoms with Crippen molar-refractivity contribution in [2.24, 2.45) is 5.41 Å². The molecule has 0 fully saturated rings. The van der Waals surface area contributed by atoms with Crippen molar-refractivity contribution in [3.05, 3.63) is 53.0 Å². The standard InChI is InChI=1S/C19H22BrN3O2/c1-19(2,3)18(25)23-16-6-4-5-15(11-16)22-17(24)12-21-14-9-7-13(20)8-10-14/h4-11,21H,12H2,1-3H3,(H,22,24)(H,23,25). The number of hydrogen-bond acceptors (Lipinski definition) is 3. The minimum absolute atomic E-state index is 0.0760. The number of amides is 2. The van der Waals surface area contributed by atoms with Crippen LogP contribution in [0.5, 0.6) is 0 Å². The first kappa shape index (κ1) is 19.0. The first-order valence-corrected chi connectivity index (χ1v) is 8.74. The number of nitrogens with one attached hydrogen (secondary N) is 3. The minimum Gasteiger partial charge on any atom is -0.376 e. The number of benzene rings is 2. The van der Waals surface area contributed by atoms with Gasteiger partial charge in [0, 0.05) is 26.9 Å². The van der Waals surface area contributed by atoms with E-state index in [1.54, 1.807) is 24.3 Å². The molecule has 5 nitrogen and oxygen atoms in total. The van der Waals surface area contributed by atoms with E-state index in [9.17, 15) is 9.59 Å². The van der Waals surface area contributed by atoms with Crippen molar-refractivity contribution in [3.8, 4) is 0 Å². The Morgan fingerprint density at radius 2 is 1.52 bits per heavy atom. The summed E-state index contributed by atoms with van der Waals surface area (Å²) in [6, 6.07) is 14.7. The highest BCUT2D eigenvalue weighted by atomic mass is 79.9. The Labute approximate surface area is 156 Å². The predicted molar refractivity (Wildman–Crippen MR) is 106 cm³/mol. The van der Waals surface area contributed by atoms with E-state index in [-0.39, 0.29) is 18.4 Å². The molecule has 2 aromatic carbocycles. The summed E-state index contributed by atoms with van der Waals surface area (Å²) in [6.07, 6.45) is 0. The van der Waals surface area contributed by atoms with Crippen LogP contribution >= 0.6 is 15.9 Å². The van der Waals surface area contributed by atoms with Gasteiger partial charge in [-0.15, -0.1) is 0 Å². The fourth-order valence-electron chi connectivity index (χ4n) is 1.95. The summed E-state index contributed by atoms with van der Waals surface area (Å²) in [4.78, 5) is 24.1. The van der Waals surface area contributed by atoms with Gasteiger partial charge in [0.1, 0.15) is 0 Å². The average Bonchev–Trinajstić information content (AvgIpc) is 2.54. The maximum absolute atomic E-state index is 12.1. The number of rotatable bonds is 5. The summed E-state index contributed by atoms with van der Waals surface area (Å²) in [5.74, 6) is -0.241. The van der Waals surface area contributed by atoms with E-state index in [4.69, 9.17) is 0 Å². The average molecular weight is 404 g/mol. The molecule has 132 valence electrons. The van der Waals surface area contributed by atoms with Gasteiger partial charge in [0.15, 0.2) is 0 Å². The van der Waals surface area contributed by atoms with Gasteiger partial charge in [0.25, 0.3) is 0 Å². The molecule has 3 N–H and O–H groups in total. The zero-order valence-electron chi connectivity index (χ0n) is 14.5. The molecule has 2 aromatic rings. The molecule has 0 radical (unpaired) electrons. The van der Waals surface area contributed by atoms with Gasteiger partial charge in [-0.2, -0.15) is 0 Å². The van der Waals surface area contributed by atoms with Gasteiger partial charge in [-0.05, 0) is 42.5 Å². The SMILES string of the molecule is CC(C)(C)C(=O)Nc1cccc(NC(=O)CNc2ccc(Br)cc2)c1. The molecule has 0 bridgehead atoms. The fraction of sp³-hybridized carbons (Fsp3) is 0.263. The molecule has 0 spiro atoms. The first-order valence-electron chi connectivity index (χ1n) is 7.95. The molecule has 25 heavy (non-hydrogen) atoms. The Morgan fingerprint density at radius 3 is 2.12 bits per heavy atom. The summed E-state index contributed by atoms with van der Waals surface area (Å²) in [5, 5.41) is 8.72. The number of hydrogen-bond donors (Lipinski definition) is 3. The second kappa shape index (κ2) is 8.16. The highest BCUT2D eigenvalue weighted by molar-refractivity contribution is 9.10. The monoisotopic (exact) mass is 403 g/mol. The van der Waals surface area contributed by atoms with Gasteiger partial charge >= 0.3 is 0 Å². The zero-order valence-corrected chi connectivity index (χ0v) is 16.1. The van der Waals surface area contributed by atoms with Crippen LogP contribution in [0, 0.1) is 5.41 Å². The second-order valence-corrected chi connectivity index (χ2v) is 7.61. The van der Waals surface area contributed by atoms with Crippen LogP contribution in [0.1, 0.15) is 20.8 Å². The fourth-order valence-corrected chi connectivity index (χ4v) is 2.21. The molecule has 2 amide bonds. The van der Waals surface area contributed by atoms with E-state index in [1.165, 1.54) is 0 Å². The Balaban J connectivity index is 1.91.